The van der Waals surface area contributed by atoms with Crippen molar-refractivity contribution in [3.8, 4) is 0 Å². The van der Waals surface area contributed by atoms with Gasteiger partial charge in [-0.05, 0) is 25.8 Å². The molecule has 1 heterocycles. The van der Waals surface area contributed by atoms with Crippen LogP contribution in [0, 0.1) is 0 Å². The summed E-state index contributed by atoms with van der Waals surface area (Å²) in [6.07, 6.45) is 5.35. The van der Waals surface area contributed by atoms with Gasteiger partial charge in [0.05, 0.1) is 0 Å². The molecule has 0 aliphatic carbocycles. The van der Waals surface area contributed by atoms with Gasteiger partial charge in [0.25, 0.3) is 0 Å². The Kier molecular flexibility index (Phi) is 4.99. The zero-order valence-corrected chi connectivity index (χ0v) is 7.91. The van der Waals surface area contributed by atoms with Crippen LogP contribution in [0.15, 0.2) is 0 Å². The molecule has 1 rings (SSSR count). The second-order valence-corrected chi connectivity index (χ2v) is 4.15. The maximum Gasteiger partial charge on any atom is 0.00928 e. The summed E-state index contributed by atoms with van der Waals surface area (Å²) in [6.45, 7) is 3.41. The van der Waals surface area contributed by atoms with E-state index in [9.17, 15) is 0 Å². The molecule has 0 saturated carbocycles. The molecule has 1 aliphatic heterocycles. The van der Waals surface area contributed by atoms with Gasteiger partial charge in [-0.15, -0.1) is 0 Å². The van der Waals surface area contributed by atoms with Crippen LogP contribution in [0.3, 0.4) is 0 Å². The summed E-state index contributed by atoms with van der Waals surface area (Å²) < 4.78 is 2.49. The quantitative estimate of drug-likeness (QED) is 0.517. The molecule has 66 valence electrons. The second kappa shape index (κ2) is 5.86. The molecular weight excluding hydrogens is 156 g/mol. The van der Waals surface area contributed by atoms with E-state index in [0.29, 0.717) is 0 Å². The van der Waals surface area contributed by atoms with Crippen LogP contribution in [-0.2, 0) is 0 Å². The number of hydrogen-bond acceptors (Lipinski definition) is 3. The molecule has 1 fully saturated rings. The van der Waals surface area contributed by atoms with Crippen molar-refractivity contribution < 1.29 is 0 Å². The number of hydrogen-bond donors (Lipinski definition) is 1. The molecule has 0 unspecified atom stereocenters. The van der Waals surface area contributed by atoms with E-state index in [1.54, 1.807) is 0 Å². The molecule has 0 aromatic carbocycles. The van der Waals surface area contributed by atoms with Gasteiger partial charge in [0.1, 0.15) is 0 Å². The first-order chi connectivity index (χ1) is 5.43. The molecule has 2 N–H and O–H groups in total. The summed E-state index contributed by atoms with van der Waals surface area (Å²) in [7, 11) is 0. The van der Waals surface area contributed by atoms with Crippen LogP contribution in [0.5, 0.6) is 0 Å². The number of nitrogens with two attached hydrogens (primary N) is 1. The predicted molar refractivity (Wildman–Crippen MR) is 51.6 cm³/mol. The van der Waals surface area contributed by atoms with Gasteiger partial charge in [-0.3, -0.25) is 4.31 Å². The maximum atomic E-state index is 5.41. The third-order valence-electron chi connectivity index (χ3n) is 1.94. The summed E-state index contributed by atoms with van der Waals surface area (Å²) in [5.41, 5.74) is 5.41. The summed E-state index contributed by atoms with van der Waals surface area (Å²) in [4.78, 5) is 0. The maximum absolute atomic E-state index is 5.41. The van der Waals surface area contributed by atoms with Gasteiger partial charge in [0, 0.05) is 18.8 Å². The molecule has 11 heavy (non-hydrogen) atoms. The molecule has 3 heteroatoms. The average molecular weight is 174 g/mol. The molecule has 0 amide bonds. The number of nitrogens with zero attached hydrogens (tertiary/aromatic N) is 1. The largest absolute Gasteiger partial charge is 0.330 e. The predicted octanol–water partition coefficient (Wildman–Crippen LogP) is 1.47. The lowest BCUT2D eigenvalue weighted by Gasteiger charge is -2.24. The van der Waals surface area contributed by atoms with Gasteiger partial charge < -0.3 is 5.73 Å². The monoisotopic (exact) mass is 174 g/mol. The first-order valence-corrected chi connectivity index (χ1v) is 5.45. The fourth-order valence-electron chi connectivity index (χ4n) is 1.27. The van der Waals surface area contributed by atoms with Crippen LogP contribution in [0.25, 0.3) is 0 Å². The van der Waals surface area contributed by atoms with E-state index < -0.39 is 0 Å². The van der Waals surface area contributed by atoms with Gasteiger partial charge in [-0.2, -0.15) is 0 Å². The van der Waals surface area contributed by atoms with Crippen LogP contribution in [-0.4, -0.2) is 29.7 Å². The zero-order valence-electron chi connectivity index (χ0n) is 7.09. The van der Waals surface area contributed by atoms with Crippen molar-refractivity contribution in [2.45, 2.75) is 25.7 Å². The normalized spacial score (nSPS) is 20.5. The van der Waals surface area contributed by atoms with Crippen LogP contribution in [0.2, 0.25) is 0 Å². The molecule has 0 bridgehead atoms. The first-order valence-electron chi connectivity index (χ1n) is 4.51. The Hall–Kier alpha value is 0.270. The Balaban J connectivity index is 1.96. The first kappa shape index (κ1) is 9.36. The molecule has 0 aromatic rings. The van der Waals surface area contributed by atoms with Gasteiger partial charge in [-0.1, -0.05) is 18.4 Å². The van der Waals surface area contributed by atoms with Crippen molar-refractivity contribution in [2.75, 3.05) is 25.4 Å². The summed E-state index contributed by atoms with van der Waals surface area (Å²) >= 11 is 1.98. The smallest absolute Gasteiger partial charge is 0.00928 e. The van der Waals surface area contributed by atoms with Crippen molar-refractivity contribution in [1.29, 1.82) is 0 Å². The third kappa shape index (κ3) is 3.99. The highest BCUT2D eigenvalue weighted by atomic mass is 32.2. The number of rotatable bonds is 4. The van der Waals surface area contributed by atoms with Crippen molar-refractivity contribution >= 4 is 11.9 Å². The number of piperidine rings is 1. The van der Waals surface area contributed by atoms with E-state index in [1.165, 1.54) is 38.1 Å². The van der Waals surface area contributed by atoms with Gasteiger partial charge >= 0.3 is 0 Å². The van der Waals surface area contributed by atoms with Crippen LogP contribution >= 0.6 is 11.9 Å². The van der Waals surface area contributed by atoms with Crippen LogP contribution < -0.4 is 5.73 Å². The molecule has 1 saturated heterocycles. The Morgan fingerprint density at radius 1 is 1.18 bits per heavy atom. The van der Waals surface area contributed by atoms with Crippen LogP contribution in [0.1, 0.15) is 25.7 Å². The van der Waals surface area contributed by atoms with Gasteiger partial charge in [0.2, 0.25) is 0 Å². The Labute approximate surface area is 73.6 Å². The fourth-order valence-corrected chi connectivity index (χ4v) is 2.34. The standard InChI is InChI=1S/C8H18N2S/c9-5-4-8-11-10-6-2-1-3-7-10/h1-9H2. The van der Waals surface area contributed by atoms with E-state index in [4.69, 9.17) is 5.73 Å². The van der Waals surface area contributed by atoms with E-state index in [0.717, 1.165) is 13.0 Å². The Bertz CT molecular complexity index is 92.1. The summed E-state index contributed by atoms with van der Waals surface area (Å²) in [5.74, 6) is 1.20. The molecule has 1 aliphatic rings. The SMILES string of the molecule is NCCCSN1CCCCC1. The summed E-state index contributed by atoms with van der Waals surface area (Å²) in [5, 5.41) is 0. The zero-order chi connectivity index (χ0) is 7.94. The highest BCUT2D eigenvalue weighted by Gasteiger charge is 2.08. The Morgan fingerprint density at radius 2 is 1.91 bits per heavy atom. The molecular formula is C8H18N2S. The lowest BCUT2D eigenvalue weighted by Crippen LogP contribution is -2.23. The van der Waals surface area contributed by atoms with E-state index in [2.05, 4.69) is 4.31 Å². The molecule has 0 radical (unpaired) electrons. The third-order valence-corrected chi connectivity index (χ3v) is 3.14. The van der Waals surface area contributed by atoms with E-state index >= 15 is 0 Å². The highest BCUT2D eigenvalue weighted by molar-refractivity contribution is 7.97. The van der Waals surface area contributed by atoms with E-state index in [-0.39, 0.29) is 0 Å². The minimum Gasteiger partial charge on any atom is -0.330 e. The average Bonchev–Trinajstić information content (AvgIpc) is 2.07. The van der Waals surface area contributed by atoms with Crippen molar-refractivity contribution in [2.24, 2.45) is 5.73 Å². The van der Waals surface area contributed by atoms with Crippen molar-refractivity contribution in [1.82, 2.24) is 4.31 Å². The fraction of sp³-hybridized carbons (Fsp3) is 1.00. The van der Waals surface area contributed by atoms with Gasteiger partial charge in [-0.25, -0.2) is 0 Å². The molecule has 0 spiro atoms. The van der Waals surface area contributed by atoms with Crippen LogP contribution in [0.4, 0.5) is 0 Å². The molecule has 0 aromatic heterocycles. The minimum absolute atomic E-state index is 0.834. The highest BCUT2D eigenvalue weighted by Crippen LogP contribution is 2.17. The summed E-state index contributed by atoms with van der Waals surface area (Å²) in [6, 6.07) is 0. The Morgan fingerprint density at radius 3 is 2.55 bits per heavy atom. The molecule has 0 atom stereocenters. The minimum atomic E-state index is 0.834. The lowest BCUT2D eigenvalue weighted by molar-refractivity contribution is 0.380. The van der Waals surface area contributed by atoms with E-state index in [1.807, 2.05) is 11.9 Å². The van der Waals surface area contributed by atoms with Gasteiger partial charge in [0.15, 0.2) is 0 Å². The van der Waals surface area contributed by atoms with Crippen molar-refractivity contribution in [3.05, 3.63) is 0 Å². The second-order valence-electron chi connectivity index (χ2n) is 2.97. The lowest BCUT2D eigenvalue weighted by atomic mass is 10.2. The van der Waals surface area contributed by atoms with Crippen molar-refractivity contribution in [3.63, 3.8) is 0 Å². The molecule has 2 nitrogen and oxygen atoms in total. The topological polar surface area (TPSA) is 29.3 Å².